The van der Waals surface area contributed by atoms with Crippen molar-refractivity contribution >= 4 is 23.5 Å². The Hall–Kier alpha value is -2.65. The number of anilines is 1. The van der Waals surface area contributed by atoms with E-state index in [0.717, 1.165) is 44.2 Å². The van der Waals surface area contributed by atoms with Crippen molar-refractivity contribution in [3.05, 3.63) is 30.1 Å². The molecular formula is C19H21F4N3O3. The zero-order valence-corrected chi connectivity index (χ0v) is 15.5. The molecule has 1 aliphatic heterocycles. The Balaban J connectivity index is 1.80. The number of hydrogen-bond donors (Lipinski definition) is 2. The number of carbonyl (C=O) groups excluding carboxylic acids is 3. The number of hydrogen-bond acceptors (Lipinski definition) is 3. The predicted octanol–water partition coefficient (Wildman–Crippen LogP) is 3.62. The average molecular weight is 415 g/mol. The Bertz CT molecular complexity index is 808. The minimum Gasteiger partial charge on any atom is -0.318 e. The second-order valence-electron chi connectivity index (χ2n) is 7.36. The molecule has 1 aliphatic carbocycles. The fourth-order valence-electron chi connectivity index (χ4n) is 3.81. The second kappa shape index (κ2) is 8.00. The third kappa shape index (κ3) is 4.06. The molecule has 0 aromatic heterocycles. The van der Waals surface area contributed by atoms with Crippen molar-refractivity contribution in [2.45, 2.75) is 56.8 Å². The van der Waals surface area contributed by atoms with Gasteiger partial charge >= 0.3 is 12.2 Å². The van der Waals surface area contributed by atoms with Crippen LogP contribution in [0.25, 0.3) is 0 Å². The fourth-order valence-corrected chi connectivity index (χ4v) is 3.81. The van der Waals surface area contributed by atoms with Crippen LogP contribution < -0.4 is 15.5 Å². The SMILES string of the molecule is O=C(CCC1CCCCC1)N[C@@]1(C(F)(F)F)NC(=O)N(c2ccccc2F)C1=O. The molecule has 1 saturated carbocycles. The lowest BCUT2D eigenvalue weighted by atomic mass is 9.86. The van der Waals surface area contributed by atoms with Crippen molar-refractivity contribution in [1.29, 1.82) is 0 Å². The summed E-state index contributed by atoms with van der Waals surface area (Å²) in [6.07, 6.45) is -0.157. The normalized spacial score (nSPS) is 23.2. The summed E-state index contributed by atoms with van der Waals surface area (Å²) < 4.78 is 55.4. The van der Waals surface area contributed by atoms with E-state index in [1.165, 1.54) is 17.4 Å². The third-order valence-electron chi connectivity index (χ3n) is 5.37. The first-order valence-electron chi connectivity index (χ1n) is 9.44. The second-order valence-corrected chi connectivity index (χ2v) is 7.36. The van der Waals surface area contributed by atoms with Crippen LogP contribution >= 0.6 is 0 Å². The molecule has 3 rings (SSSR count). The zero-order chi connectivity index (χ0) is 21.2. The monoisotopic (exact) mass is 415 g/mol. The van der Waals surface area contributed by atoms with E-state index in [4.69, 9.17) is 0 Å². The molecule has 1 saturated heterocycles. The molecule has 2 fully saturated rings. The van der Waals surface area contributed by atoms with Crippen LogP contribution in [-0.2, 0) is 9.59 Å². The molecule has 6 nitrogen and oxygen atoms in total. The van der Waals surface area contributed by atoms with Gasteiger partial charge in [0, 0.05) is 6.42 Å². The lowest BCUT2D eigenvalue weighted by molar-refractivity contribution is -0.201. The molecule has 2 aliphatic rings. The van der Waals surface area contributed by atoms with Gasteiger partial charge in [-0.25, -0.2) is 14.1 Å². The largest absolute Gasteiger partial charge is 0.440 e. The van der Waals surface area contributed by atoms with E-state index in [2.05, 4.69) is 0 Å². The topological polar surface area (TPSA) is 78.5 Å². The third-order valence-corrected chi connectivity index (χ3v) is 5.37. The minimum absolute atomic E-state index is 0.0598. The van der Waals surface area contributed by atoms with Crippen molar-refractivity contribution in [2.75, 3.05) is 4.90 Å². The van der Waals surface area contributed by atoms with Crippen LogP contribution in [0.2, 0.25) is 0 Å². The summed E-state index contributed by atoms with van der Waals surface area (Å²) >= 11 is 0. The highest BCUT2D eigenvalue weighted by atomic mass is 19.4. The van der Waals surface area contributed by atoms with Crippen LogP contribution in [-0.4, -0.2) is 29.7 Å². The molecule has 0 unspecified atom stereocenters. The molecule has 0 radical (unpaired) electrons. The molecule has 0 bridgehead atoms. The van der Waals surface area contributed by atoms with Crippen LogP contribution in [0, 0.1) is 11.7 Å². The molecule has 10 heteroatoms. The predicted molar refractivity (Wildman–Crippen MR) is 95.2 cm³/mol. The van der Waals surface area contributed by atoms with Gasteiger partial charge in [-0.05, 0) is 24.5 Å². The number of imide groups is 1. The number of nitrogens with zero attached hydrogens (tertiary/aromatic N) is 1. The fraction of sp³-hybridized carbons (Fsp3) is 0.526. The van der Waals surface area contributed by atoms with E-state index >= 15 is 0 Å². The highest BCUT2D eigenvalue weighted by Crippen LogP contribution is 2.36. The zero-order valence-electron chi connectivity index (χ0n) is 15.5. The molecule has 1 heterocycles. The summed E-state index contributed by atoms with van der Waals surface area (Å²) in [6.45, 7) is 0. The van der Waals surface area contributed by atoms with Crippen LogP contribution in [0.1, 0.15) is 44.9 Å². The van der Waals surface area contributed by atoms with Gasteiger partial charge in [0.05, 0.1) is 5.69 Å². The van der Waals surface area contributed by atoms with Crippen LogP contribution in [0.4, 0.5) is 28.0 Å². The first-order valence-corrected chi connectivity index (χ1v) is 9.44. The van der Waals surface area contributed by atoms with E-state index in [1.54, 1.807) is 5.32 Å². The quantitative estimate of drug-likeness (QED) is 0.570. The summed E-state index contributed by atoms with van der Waals surface area (Å²) in [6, 6.07) is 2.98. The Labute approximate surface area is 164 Å². The van der Waals surface area contributed by atoms with Gasteiger partial charge in [-0.15, -0.1) is 0 Å². The summed E-state index contributed by atoms with van der Waals surface area (Å²) in [5.41, 5.74) is -4.26. The summed E-state index contributed by atoms with van der Waals surface area (Å²) in [4.78, 5) is 37.1. The Morgan fingerprint density at radius 1 is 1.17 bits per heavy atom. The lowest BCUT2D eigenvalue weighted by Gasteiger charge is -2.30. The van der Waals surface area contributed by atoms with Crippen molar-refractivity contribution in [3.8, 4) is 0 Å². The molecule has 158 valence electrons. The molecule has 2 N–H and O–H groups in total. The van der Waals surface area contributed by atoms with E-state index in [-0.39, 0.29) is 17.2 Å². The van der Waals surface area contributed by atoms with Gasteiger partial charge in [0.1, 0.15) is 5.82 Å². The van der Waals surface area contributed by atoms with E-state index < -0.39 is 41.2 Å². The van der Waals surface area contributed by atoms with Crippen molar-refractivity contribution < 1.29 is 31.9 Å². The molecule has 29 heavy (non-hydrogen) atoms. The number of nitrogens with one attached hydrogen (secondary N) is 2. The van der Waals surface area contributed by atoms with Crippen LogP contribution in [0.5, 0.6) is 0 Å². The number of halogens is 4. The highest BCUT2D eigenvalue weighted by Gasteiger charge is 2.69. The molecule has 1 aromatic carbocycles. The van der Waals surface area contributed by atoms with Gasteiger partial charge in [0.2, 0.25) is 5.91 Å². The Kier molecular flexibility index (Phi) is 5.81. The van der Waals surface area contributed by atoms with Gasteiger partial charge in [0.25, 0.3) is 11.6 Å². The molecule has 4 amide bonds. The molecule has 1 atom stereocenters. The van der Waals surface area contributed by atoms with Crippen LogP contribution in [0.15, 0.2) is 24.3 Å². The number of rotatable bonds is 5. The minimum atomic E-state index is -5.32. The van der Waals surface area contributed by atoms with E-state index in [0.29, 0.717) is 6.42 Å². The standard InChI is InChI=1S/C19H21F4N3O3/c20-13-8-4-5-9-14(13)26-16(28)18(19(21,22)23,25-17(26)29)24-15(27)11-10-12-6-2-1-3-7-12/h4-5,8-9,12H,1-3,6-7,10-11H2,(H,24,27)(H,25,29)/t18-/m1/s1. The first-order chi connectivity index (χ1) is 13.7. The number of urea groups is 1. The lowest BCUT2D eigenvalue weighted by Crippen LogP contribution is -2.69. The van der Waals surface area contributed by atoms with Crippen molar-refractivity contribution in [1.82, 2.24) is 10.6 Å². The van der Waals surface area contributed by atoms with Gasteiger partial charge in [-0.1, -0.05) is 44.2 Å². The van der Waals surface area contributed by atoms with Gasteiger partial charge in [-0.2, -0.15) is 13.2 Å². The summed E-state index contributed by atoms with van der Waals surface area (Å²) in [5, 5.41) is 3.18. The maximum absolute atomic E-state index is 14.0. The van der Waals surface area contributed by atoms with E-state index in [1.807, 2.05) is 0 Å². The maximum atomic E-state index is 14.0. The number of alkyl halides is 3. The smallest absolute Gasteiger partial charge is 0.318 e. The van der Waals surface area contributed by atoms with Crippen molar-refractivity contribution in [2.24, 2.45) is 5.92 Å². The average Bonchev–Trinajstić information content (AvgIpc) is 2.92. The summed E-state index contributed by atoms with van der Waals surface area (Å²) in [5.74, 6) is -3.60. The van der Waals surface area contributed by atoms with Gasteiger partial charge in [-0.3, -0.25) is 14.9 Å². The van der Waals surface area contributed by atoms with Crippen LogP contribution in [0.3, 0.4) is 0 Å². The first kappa shape index (κ1) is 21.1. The molecular weight excluding hydrogens is 394 g/mol. The Morgan fingerprint density at radius 2 is 1.83 bits per heavy atom. The number of para-hydroxylation sites is 1. The Morgan fingerprint density at radius 3 is 2.45 bits per heavy atom. The maximum Gasteiger partial charge on any atom is 0.440 e. The van der Waals surface area contributed by atoms with Crippen molar-refractivity contribution in [3.63, 3.8) is 0 Å². The van der Waals surface area contributed by atoms with Gasteiger partial charge in [0.15, 0.2) is 0 Å². The molecule has 1 aromatic rings. The number of benzene rings is 1. The highest BCUT2D eigenvalue weighted by molar-refractivity contribution is 6.24. The number of amides is 4. The summed E-state index contributed by atoms with van der Waals surface area (Å²) in [7, 11) is 0. The molecule has 0 spiro atoms. The van der Waals surface area contributed by atoms with Gasteiger partial charge < -0.3 is 5.32 Å². The van der Waals surface area contributed by atoms with E-state index in [9.17, 15) is 31.9 Å². The number of carbonyl (C=O) groups is 3.